The molecular formula is C13H12BrNO4S2. The number of carboxylic acids is 1. The van der Waals surface area contributed by atoms with E-state index in [1.54, 1.807) is 6.92 Å². The number of sulfonamides is 1. The third-order valence-electron chi connectivity index (χ3n) is 2.76. The minimum absolute atomic E-state index is 0.0354. The van der Waals surface area contributed by atoms with Gasteiger partial charge in [0.1, 0.15) is 4.21 Å². The second-order valence-corrected chi connectivity index (χ2v) is 8.18. The molecule has 0 aliphatic heterocycles. The fraction of sp³-hybridized carbons (Fsp3) is 0.154. The predicted octanol–water partition coefficient (Wildman–Crippen LogP) is 3.63. The van der Waals surface area contributed by atoms with Crippen LogP contribution < -0.4 is 4.72 Å². The first-order valence-electron chi connectivity index (χ1n) is 5.82. The minimum Gasteiger partial charge on any atom is -0.478 e. The van der Waals surface area contributed by atoms with Crippen molar-refractivity contribution >= 4 is 48.9 Å². The molecule has 1 heterocycles. The van der Waals surface area contributed by atoms with Crippen LogP contribution in [0.25, 0.3) is 0 Å². The van der Waals surface area contributed by atoms with Gasteiger partial charge in [0.25, 0.3) is 10.0 Å². The van der Waals surface area contributed by atoms with Crippen molar-refractivity contribution in [1.29, 1.82) is 0 Å². The van der Waals surface area contributed by atoms with Gasteiger partial charge in [-0.3, -0.25) is 4.72 Å². The molecule has 0 fully saturated rings. The average Bonchev–Trinajstić information content (AvgIpc) is 2.84. The van der Waals surface area contributed by atoms with Crippen LogP contribution in [0.1, 0.15) is 21.5 Å². The molecule has 0 saturated heterocycles. The van der Waals surface area contributed by atoms with Crippen LogP contribution in [0.3, 0.4) is 0 Å². The van der Waals surface area contributed by atoms with Crippen LogP contribution in [-0.2, 0) is 10.0 Å². The lowest BCUT2D eigenvalue weighted by Crippen LogP contribution is -2.13. The van der Waals surface area contributed by atoms with Crippen LogP contribution in [0.5, 0.6) is 0 Å². The molecule has 0 saturated carbocycles. The molecule has 8 heteroatoms. The second-order valence-electron chi connectivity index (χ2n) is 4.50. The van der Waals surface area contributed by atoms with Crippen molar-refractivity contribution in [2.45, 2.75) is 18.1 Å². The zero-order valence-electron chi connectivity index (χ0n) is 11.2. The zero-order valence-corrected chi connectivity index (χ0v) is 14.4. The van der Waals surface area contributed by atoms with Gasteiger partial charge in [-0.15, -0.1) is 11.3 Å². The maximum atomic E-state index is 12.3. The molecule has 21 heavy (non-hydrogen) atoms. The van der Waals surface area contributed by atoms with Crippen LogP contribution in [0.4, 0.5) is 5.69 Å². The summed E-state index contributed by atoms with van der Waals surface area (Å²) in [5, 5.41) is 10.2. The molecule has 0 aliphatic carbocycles. The van der Waals surface area contributed by atoms with E-state index in [0.717, 1.165) is 28.5 Å². The first kappa shape index (κ1) is 16.0. The van der Waals surface area contributed by atoms with E-state index in [2.05, 4.69) is 20.7 Å². The van der Waals surface area contributed by atoms with Gasteiger partial charge in [-0.05, 0) is 53.0 Å². The summed E-state index contributed by atoms with van der Waals surface area (Å²) in [7, 11) is -3.81. The summed E-state index contributed by atoms with van der Waals surface area (Å²) >= 11 is 4.21. The van der Waals surface area contributed by atoms with E-state index in [1.807, 2.05) is 19.1 Å². The summed E-state index contributed by atoms with van der Waals surface area (Å²) < 4.78 is 27.7. The van der Waals surface area contributed by atoms with E-state index in [4.69, 9.17) is 5.11 Å². The van der Waals surface area contributed by atoms with Gasteiger partial charge in [-0.2, -0.15) is 0 Å². The highest BCUT2D eigenvalue weighted by atomic mass is 79.9. The van der Waals surface area contributed by atoms with Gasteiger partial charge in [0.2, 0.25) is 0 Å². The average molecular weight is 390 g/mol. The molecule has 112 valence electrons. The van der Waals surface area contributed by atoms with Crippen molar-refractivity contribution in [2.24, 2.45) is 0 Å². The Morgan fingerprint density at radius 3 is 2.48 bits per heavy atom. The van der Waals surface area contributed by atoms with Crippen molar-refractivity contribution in [2.75, 3.05) is 4.72 Å². The van der Waals surface area contributed by atoms with Crippen molar-refractivity contribution in [1.82, 2.24) is 0 Å². The number of hydrogen-bond acceptors (Lipinski definition) is 4. The fourth-order valence-electron chi connectivity index (χ4n) is 1.80. The lowest BCUT2D eigenvalue weighted by Gasteiger charge is -2.12. The number of carboxylic acid groups (broad SMARTS) is 1. The number of thiophene rings is 1. The molecule has 0 bridgehead atoms. The molecule has 0 unspecified atom stereocenters. The smallest absolute Gasteiger partial charge is 0.336 e. The SMILES string of the molecule is Cc1cc(C)c(NS(=O)(=O)c2cc(C(=O)O)cs2)c(Br)c1. The summed E-state index contributed by atoms with van der Waals surface area (Å²) in [6, 6.07) is 4.81. The molecule has 0 radical (unpaired) electrons. The highest BCUT2D eigenvalue weighted by Crippen LogP contribution is 2.31. The summed E-state index contributed by atoms with van der Waals surface area (Å²) in [6.07, 6.45) is 0. The molecule has 2 rings (SSSR count). The Morgan fingerprint density at radius 2 is 1.95 bits per heavy atom. The Labute approximate surface area is 134 Å². The monoisotopic (exact) mass is 389 g/mol. The summed E-state index contributed by atoms with van der Waals surface area (Å²) in [5.74, 6) is -1.15. The van der Waals surface area contributed by atoms with Crippen molar-refractivity contribution in [3.8, 4) is 0 Å². The first-order chi connectivity index (χ1) is 9.70. The maximum absolute atomic E-state index is 12.3. The largest absolute Gasteiger partial charge is 0.478 e. The van der Waals surface area contributed by atoms with Gasteiger partial charge in [0.05, 0.1) is 11.3 Å². The number of anilines is 1. The first-order valence-corrected chi connectivity index (χ1v) is 8.97. The van der Waals surface area contributed by atoms with E-state index in [9.17, 15) is 13.2 Å². The summed E-state index contributed by atoms with van der Waals surface area (Å²) in [6.45, 7) is 3.71. The number of benzene rings is 1. The van der Waals surface area contributed by atoms with Crippen LogP contribution in [-0.4, -0.2) is 19.5 Å². The highest BCUT2D eigenvalue weighted by Gasteiger charge is 2.21. The molecule has 2 N–H and O–H groups in total. The molecule has 5 nitrogen and oxygen atoms in total. The fourth-order valence-corrected chi connectivity index (χ4v) is 5.01. The van der Waals surface area contributed by atoms with Crippen LogP contribution >= 0.6 is 27.3 Å². The Hall–Kier alpha value is -1.38. The third-order valence-corrected chi connectivity index (χ3v) is 6.17. The van der Waals surface area contributed by atoms with Crippen LogP contribution in [0.15, 0.2) is 32.3 Å². The van der Waals surface area contributed by atoms with E-state index < -0.39 is 16.0 Å². The number of aryl methyl sites for hydroxylation is 2. The Morgan fingerprint density at radius 1 is 1.29 bits per heavy atom. The Balaban J connectivity index is 2.40. The molecule has 0 atom stereocenters. The van der Waals surface area contributed by atoms with E-state index in [0.29, 0.717) is 10.2 Å². The van der Waals surface area contributed by atoms with Crippen LogP contribution in [0, 0.1) is 13.8 Å². The number of rotatable bonds is 4. The van der Waals surface area contributed by atoms with Crippen LogP contribution in [0.2, 0.25) is 0 Å². The number of carbonyl (C=O) groups is 1. The number of halogens is 1. The van der Waals surface area contributed by atoms with E-state index in [1.165, 1.54) is 5.38 Å². The highest BCUT2D eigenvalue weighted by molar-refractivity contribution is 9.10. The molecule has 1 aromatic heterocycles. The molecule has 0 aliphatic rings. The zero-order chi connectivity index (χ0) is 15.8. The lowest BCUT2D eigenvalue weighted by atomic mass is 10.1. The normalized spacial score (nSPS) is 11.4. The van der Waals surface area contributed by atoms with E-state index in [-0.39, 0.29) is 9.77 Å². The Bertz CT molecular complexity index is 788. The quantitative estimate of drug-likeness (QED) is 0.835. The van der Waals surface area contributed by atoms with Gasteiger partial charge in [0, 0.05) is 9.85 Å². The van der Waals surface area contributed by atoms with Crippen molar-refractivity contribution < 1.29 is 18.3 Å². The Kier molecular flexibility index (Phi) is 4.40. The van der Waals surface area contributed by atoms with Gasteiger partial charge in [0.15, 0.2) is 0 Å². The third kappa shape index (κ3) is 3.45. The standard InChI is InChI=1S/C13H12BrNO4S2/c1-7-3-8(2)12(10(14)4-7)15-21(18,19)11-5-9(6-20-11)13(16)17/h3-6,15H,1-2H3,(H,16,17). The minimum atomic E-state index is -3.81. The molecule has 2 aromatic rings. The van der Waals surface area contributed by atoms with E-state index >= 15 is 0 Å². The van der Waals surface area contributed by atoms with Gasteiger partial charge in [-0.1, -0.05) is 6.07 Å². The topological polar surface area (TPSA) is 83.5 Å². The second kappa shape index (κ2) is 5.78. The number of hydrogen-bond donors (Lipinski definition) is 2. The van der Waals surface area contributed by atoms with Gasteiger partial charge in [-0.25, -0.2) is 13.2 Å². The number of nitrogens with one attached hydrogen (secondary N) is 1. The van der Waals surface area contributed by atoms with Crippen molar-refractivity contribution in [3.63, 3.8) is 0 Å². The molecule has 0 spiro atoms. The summed E-state index contributed by atoms with van der Waals surface area (Å²) in [5.41, 5.74) is 2.19. The molecule has 0 amide bonds. The lowest BCUT2D eigenvalue weighted by molar-refractivity contribution is 0.0697. The van der Waals surface area contributed by atoms with Gasteiger partial charge < -0.3 is 5.11 Å². The summed E-state index contributed by atoms with van der Waals surface area (Å²) in [4.78, 5) is 10.8. The predicted molar refractivity (Wildman–Crippen MR) is 85.7 cm³/mol. The maximum Gasteiger partial charge on any atom is 0.336 e. The van der Waals surface area contributed by atoms with Gasteiger partial charge >= 0.3 is 5.97 Å². The molecule has 1 aromatic carbocycles. The van der Waals surface area contributed by atoms with Crippen molar-refractivity contribution in [3.05, 3.63) is 44.7 Å². The molecular weight excluding hydrogens is 378 g/mol. The number of aromatic carboxylic acids is 1.